The van der Waals surface area contributed by atoms with Crippen molar-refractivity contribution in [2.24, 2.45) is 5.92 Å². The lowest BCUT2D eigenvalue weighted by Crippen LogP contribution is -1.83. The highest BCUT2D eigenvalue weighted by molar-refractivity contribution is 6.08. The van der Waals surface area contributed by atoms with Crippen LogP contribution in [0.2, 0.25) is 5.28 Å². The van der Waals surface area contributed by atoms with Gasteiger partial charge in [0.15, 0.2) is 0 Å². The van der Waals surface area contributed by atoms with Crippen LogP contribution < -0.4 is 0 Å². The third-order valence-electron chi connectivity index (χ3n) is 0.866. The maximum Gasteiger partial charge on any atom is 0.211 e. The molecule has 0 bridgehead atoms. The van der Waals surface area contributed by atoms with Crippen LogP contribution in [0.3, 0.4) is 0 Å². The van der Waals surface area contributed by atoms with E-state index >= 15 is 0 Å². The topological polar surface area (TPSA) is 0 Å². The fourth-order valence-electron chi connectivity index (χ4n) is 0.577. The molecule has 0 heterocycles. The van der Waals surface area contributed by atoms with E-state index in [1.165, 1.54) is 28.0 Å². The van der Waals surface area contributed by atoms with E-state index in [0.29, 0.717) is 0 Å². The number of rotatable bonds is 2. The maximum atomic E-state index is 2.28. The van der Waals surface area contributed by atoms with Crippen molar-refractivity contribution < 1.29 is 1.43 Å². The van der Waals surface area contributed by atoms with Gasteiger partial charge in [0.05, 0.1) is 0 Å². The molecule has 0 aromatic heterocycles. The lowest BCUT2D eigenvalue weighted by atomic mass is 10.2. The summed E-state index contributed by atoms with van der Waals surface area (Å²) in [5, 5.41) is 1.47. The molecule has 0 atom stereocenters. The van der Waals surface area contributed by atoms with E-state index in [1.54, 1.807) is 0 Å². The van der Waals surface area contributed by atoms with Gasteiger partial charge in [-0.05, 0) is 5.92 Å². The minimum absolute atomic E-state index is 0. The Morgan fingerprint density at radius 1 is 1.67 bits per heavy atom. The first-order chi connectivity index (χ1) is 2.77. The van der Waals surface area contributed by atoms with E-state index < -0.39 is 0 Å². The van der Waals surface area contributed by atoms with Gasteiger partial charge in [0.1, 0.15) is 0 Å². The molecule has 0 aliphatic heterocycles. The van der Waals surface area contributed by atoms with Gasteiger partial charge in [-0.1, -0.05) is 20.3 Å². The molecule has 1 heteroatoms. The monoisotopic (exact) mass is 102 g/mol. The average Bonchev–Trinajstić information content (AvgIpc) is 1.35. The third kappa shape index (κ3) is 4.53. The zero-order valence-corrected chi connectivity index (χ0v) is 6.99. The van der Waals surface area contributed by atoms with Crippen LogP contribution in [-0.4, -0.2) is 16.3 Å². The van der Waals surface area contributed by atoms with E-state index in [9.17, 15) is 0 Å². The summed E-state index contributed by atoms with van der Waals surface area (Å²) in [6.07, 6.45) is 1.44. The van der Waals surface area contributed by atoms with E-state index in [-0.39, 0.29) is 1.43 Å². The van der Waals surface area contributed by atoms with Crippen molar-refractivity contribution in [2.45, 2.75) is 25.6 Å². The quantitative estimate of drug-likeness (QED) is 0.461. The lowest BCUT2D eigenvalue weighted by molar-refractivity contribution is 0.626. The zero-order valence-electron chi connectivity index (χ0n) is 4.99. The molecule has 0 spiro atoms. The molecule has 38 valence electrons. The Morgan fingerprint density at radius 3 is 2.17 bits per heavy atom. The third-order valence-corrected chi connectivity index (χ3v) is 1.44. The molecule has 0 aromatic rings. The largest absolute Gasteiger partial charge is 0.211 e. The summed E-state index contributed by atoms with van der Waals surface area (Å²) >= 11 is 1.39. The molecular weight excluding hydrogens is 87.0 g/mol. The Hall–Kier alpha value is 0.532. The van der Waals surface area contributed by atoms with Gasteiger partial charge in [0.25, 0.3) is 0 Å². The average molecular weight is 102 g/mol. The predicted molar refractivity (Wildman–Crippen MR) is 34.9 cm³/mol. The molecule has 0 N–H and O–H groups in total. The first-order valence-electron chi connectivity index (χ1n) is 2.77. The Labute approximate surface area is 49.8 Å². The van der Waals surface area contributed by atoms with Crippen LogP contribution in [0.5, 0.6) is 0 Å². The van der Waals surface area contributed by atoms with E-state index in [1.807, 2.05) is 0 Å². The minimum atomic E-state index is 0. The number of hydrogen-bond acceptors (Lipinski definition) is 0. The van der Waals surface area contributed by atoms with Crippen molar-refractivity contribution in [2.75, 3.05) is 0 Å². The molecule has 0 radical (unpaired) electrons. The molecule has 0 unspecified atom stereocenters. The second-order valence-corrected chi connectivity index (χ2v) is 3.18. The second-order valence-electron chi connectivity index (χ2n) is 2.18. The fraction of sp³-hybridized carbons (Fsp3) is 1.00. The molecular formula is C5H15Al. The van der Waals surface area contributed by atoms with Crippen molar-refractivity contribution in [1.82, 2.24) is 0 Å². The van der Waals surface area contributed by atoms with Gasteiger partial charge in [0, 0.05) is 1.43 Å². The Kier molecular flexibility index (Phi) is 4.04. The number of hydrogen-bond donors (Lipinski definition) is 0. The fourth-order valence-corrected chi connectivity index (χ4v) is 1.73. The summed E-state index contributed by atoms with van der Waals surface area (Å²) in [6, 6.07) is 0. The van der Waals surface area contributed by atoms with Crippen LogP contribution in [0.25, 0.3) is 0 Å². The first kappa shape index (κ1) is 6.53. The van der Waals surface area contributed by atoms with Crippen LogP contribution >= 0.6 is 0 Å². The van der Waals surface area contributed by atoms with Crippen molar-refractivity contribution in [3.63, 3.8) is 0 Å². The van der Waals surface area contributed by atoms with Crippen LogP contribution in [0, 0.1) is 5.92 Å². The van der Waals surface area contributed by atoms with Crippen LogP contribution in [0.15, 0.2) is 0 Å². The Morgan fingerprint density at radius 2 is 2.17 bits per heavy atom. The normalized spacial score (nSPS) is 9.83. The summed E-state index contributed by atoms with van der Waals surface area (Å²) in [7, 11) is 0. The van der Waals surface area contributed by atoms with E-state index in [2.05, 4.69) is 13.8 Å². The highest BCUT2D eigenvalue weighted by Crippen LogP contribution is 1.99. The summed E-state index contributed by atoms with van der Waals surface area (Å²) in [5.74, 6) is 0.933. The summed E-state index contributed by atoms with van der Waals surface area (Å²) < 4.78 is 0. The van der Waals surface area contributed by atoms with Crippen LogP contribution in [0.4, 0.5) is 0 Å². The van der Waals surface area contributed by atoms with Gasteiger partial charge in [0.2, 0.25) is 16.3 Å². The smallest absolute Gasteiger partial charge is 0.101 e. The van der Waals surface area contributed by atoms with E-state index in [0.717, 1.165) is 5.92 Å². The molecule has 0 aliphatic rings. The lowest BCUT2D eigenvalue weighted by Gasteiger charge is -1.95. The molecule has 0 saturated heterocycles. The van der Waals surface area contributed by atoms with Crippen molar-refractivity contribution >= 4 is 16.3 Å². The SMILES string of the molecule is CC(C)C[CH2][AlH2].[HH]. The van der Waals surface area contributed by atoms with Gasteiger partial charge in [-0.15, -0.1) is 5.28 Å². The first-order valence-corrected chi connectivity index (χ1v) is 4.18. The molecule has 0 nitrogen and oxygen atoms in total. The highest BCUT2D eigenvalue weighted by atomic mass is 27.0. The Bertz CT molecular complexity index is 29.3. The summed E-state index contributed by atoms with van der Waals surface area (Å²) in [6.45, 7) is 4.55. The summed E-state index contributed by atoms with van der Waals surface area (Å²) in [4.78, 5) is 0. The van der Waals surface area contributed by atoms with Crippen LogP contribution in [-0.2, 0) is 0 Å². The zero-order chi connectivity index (χ0) is 4.99. The van der Waals surface area contributed by atoms with Gasteiger partial charge in [-0.2, -0.15) is 0 Å². The second kappa shape index (κ2) is 3.71. The van der Waals surface area contributed by atoms with Crippen LogP contribution in [0.1, 0.15) is 21.7 Å². The van der Waals surface area contributed by atoms with Crippen molar-refractivity contribution in [1.29, 1.82) is 0 Å². The van der Waals surface area contributed by atoms with Crippen molar-refractivity contribution in [3.8, 4) is 0 Å². The molecule has 0 fully saturated rings. The summed E-state index contributed by atoms with van der Waals surface area (Å²) in [5.41, 5.74) is 0. The van der Waals surface area contributed by atoms with Gasteiger partial charge < -0.3 is 0 Å². The molecule has 0 aliphatic carbocycles. The van der Waals surface area contributed by atoms with Gasteiger partial charge >= 0.3 is 0 Å². The maximum absolute atomic E-state index is 2.28. The molecule has 0 aromatic carbocycles. The van der Waals surface area contributed by atoms with Crippen molar-refractivity contribution in [3.05, 3.63) is 0 Å². The predicted octanol–water partition coefficient (Wildman–Crippen LogP) is 1.33. The molecule has 0 saturated carbocycles. The minimum Gasteiger partial charge on any atom is -0.101 e. The van der Waals surface area contributed by atoms with Gasteiger partial charge in [-0.25, -0.2) is 0 Å². The highest BCUT2D eigenvalue weighted by Gasteiger charge is 1.85. The standard InChI is InChI=1S/C5H11.Al.H2.2H/c1-4-5(2)3;;;;/h5H,1,4H2,2-3H3;;1H;;. The molecule has 0 rings (SSSR count). The molecule has 6 heavy (non-hydrogen) atoms. The van der Waals surface area contributed by atoms with Gasteiger partial charge in [-0.3, -0.25) is 0 Å². The Balaban J connectivity index is 0. The van der Waals surface area contributed by atoms with E-state index in [4.69, 9.17) is 0 Å². The molecule has 0 amide bonds.